The maximum atomic E-state index is 13.3. The molecule has 68 valence electrons. The Labute approximate surface area is 76.6 Å². The van der Waals surface area contributed by atoms with Gasteiger partial charge in [0.25, 0.3) is 0 Å². The zero-order valence-electron chi connectivity index (χ0n) is 7.29. The minimum absolute atomic E-state index is 0.119. The first-order valence-corrected chi connectivity index (χ1v) is 4.53. The standard InChI is InChI=1S/C11H11FO/c12-11-4-2-1-3-10(11)8-5-6-9(13)7-8/h1-4,8H,5-7H2/t8-/m0/s1. The van der Waals surface area contributed by atoms with Crippen LogP contribution in [0.3, 0.4) is 0 Å². The van der Waals surface area contributed by atoms with Gasteiger partial charge in [0.05, 0.1) is 0 Å². The number of carbonyl (C=O) groups is 1. The van der Waals surface area contributed by atoms with E-state index in [-0.39, 0.29) is 17.5 Å². The van der Waals surface area contributed by atoms with Gasteiger partial charge in [-0.25, -0.2) is 4.39 Å². The highest BCUT2D eigenvalue weighted by Crippen LogP contribution is 2.33. The van der Waals surface area contributed by atoms with Crippen LogP contribution in [0.1, 0.15) is 30.7 Å². The summed E-state index contributed by atoms with van der Waals surface area (Å²) in [7, 11) is 0. The Morgan fingerprint density at radius 2 is 2.08 bits per heavy atom. The molecular formula is C11H11FO. The van der Waals surface area contributed by atoms with Gasteiger partial charge in [0.1, 0.15) is 11.6 Å². The van der Waals surface area contributed by atoms with Crippen molar-refractivity contribution in [2.45, 2.75) is 25.2 Å². The minimum atomic E-state index is -0.179. The van der Waals surface area contributed by atoms with Gasteiger partial charge in [-0.1, -0.05) is 18.2 Å². The van der Waals surface area contributed by atoms with E-state index < -0.39 is 0 Å². The van der Waals surface area contributed by atoms with Crippen LogP contribution in [0.4, 0.5) is 4.39 Å². The van der Waals surface area contributed by atoms with Gasteiger partial charge in [0.15, 0.2) is 0 Å². The lowest BCUT2D eigenvalue weighted by atomic mass is 9.97. The van der Waals surface area contributed by atoms with Gasteiger partial charge in [-0.2, -0.15) is 0 Å². The molecule has 1 saturated carbocycles. The van der Waals surface area contributed by atoms with Crippen LogP contribution < -0.4 is 0 Å². The van der Waals surface area contributed by atoms with Gasteiger partial charge >= 0.3 is 0 Å². The fourth-order valence-electron chi connectivity index (χ4n) is 1.89. The van der Waals surface area contributed by atoms with Gasteiger partial charge in [0.2, 0.25) is 0 Å². The first kappa shape index (κ1) is 8.42. The Balaban J connectivity index is 2.26. The van der Waals surface area contributed by atoms with Crippen molar-refractivity contribution in [3.8, 4) is 0 Å². The summed E-state index contributed by atoms with van der Waals surface area (Å²) >= 11 is 0. The third-order valence-corrected chi connectivity index (χ3v) is 2.59. The van der Waals surface area contributed by atoms with Gasteiger partial charge in [0, 0.05) is 12.8 Å². The highest BCUT2D eigenvalue weighted by atomic mass is 19.1. The molecule has 0 unspecified atom stereocenters. The molecule has 1 aliphatic carbocycles. The summed E-state index contributed by atoms with van der Waals surface area (Å²) in [5.41, 5.74) is 0.702. The third-order valence-electron chi connectivity index (χ3n) is 2.59. The Bertz CT molecular complexity index is 333. The molecule has 0 saturated heterocycles. The monoisotopic (exact) mass is 178 g/mol. The molecule has 0 bridgehead atoms. The number of hydrogen-bond acceptors (Lipinski definition) is 1. The van der Waals surface area contributed by atoms with E-state index >= 15 is 0 Å². The molecule has 1 aromatic carbocycles. The van der Waals surface area contributed by atoms with Crippen LogP contribution in [0.5, 0.6) is 0 Å². The first-order valence-electron chi connectivity index (χ1n) is 4.53. The zero-order chi connectivity index (χ0) is 9.26. The number of hydrogen-bond donors (Lipinski definition) is 0. The van der Waals surface area contributed by atoms with Crippen molar-refractivity contribution in [1.82, 2.24) is 0 Å². The zero-order valence-corrected chi connectivity index (χ0v) is 7.29. The Hall–Kier alpha value is -1.18. The second-order valence-electron chi connectivity index (χ2n) is 3.50. The molecule has 0 N–H and O–H groups in total. The van der Waals surface area contributed by atoms with E-state index in [9.17, 15) is 9.18 Å². The first-order chi connectivity index (χ1) is 6.27. The fourth-order valence-corrected chi connectivity index (χ4v) is 1.89. The lowest BCUT2D eigenvalue weighted by Gasteiger charge is -2.08. The molecule has 1 atom stereocenters. The van der Waals surface area contributed by atoms with Crippen LogP contribution in [0.2, 0.25) is 0 Å². The topological polar surface area (TPSA) is 17.1 Å². The average Bonchev–Trinajstić information content (AvgIpc) is 2.53. The lowest BCUT2D eigenvalue weighted by Crippen LogP contribution is -1.97. The van der Waals surface area contributed by atoms with Crippen LogP contribution in [-0.2, 0) is 4.79 Å². The fraction of sp³-hybridized carbons (Fsp3) is 0.364. The molecule has 0 spiro atoms. The van der Waals surface area contributed by atoms with E-state index in [0.717, 1.165) is 6.42 Å². The number of ketones is 1. The van der Waals surface area contributed by atoms with E-state index in [1.807, 2.05) is 6.07 Å². The summed E-state index contributed by atoms with van der Waals surface area (Å²) < 4.78 is 13.3. The van der Waals surface area contributed by atoms with E-state index in [2.05, 4.69) is 0 Å². The van der Waals surface area contributed by atoms with E-state index in [4.69, 9.17) is 0 Å². The molecule has 0 aromatic heterocycles. The van der Waals surface area contributed by atoms with Crippen LogP contribution >= 0.6 is 0 Å². The number of benzene rings is 1. The van der Waals surface area contributed by atoms with Crippen molar-refractivity contribution in [1.29, 1.82) is 0 Å². The lowest BCUT2D eigenvalue weighted by molar-refractivity contribution is -0.117. The largest absolute Gasteiger partial charge is 0.300 e. The summed E-state index contributed by atoms with van der Waals surface area (Å²) in [5.74, 6) is 0.198. The number of Topliss-reactive ketones (excluding diaryl/α,β-unsaturated/α-hetero) is 1. The highest BCUT2D eigenvalue weighted by molar-refractivity contribution is 5.81. The summed E-state index contributed by atoms with van der Waals surface area (Å²) in [4.78, 5) is 11.0. The van der Waals surface area contributed by atoms with Crippen LogP contribution in [0, 0.1) is 5.82 Å². The predicted molar refractivity (Wildman–Crippen MR) is 48.0 cm³/mol. The van der Waals surface area contributed by atoms with Crippen molar-refractivity contribution in [3.05, 3.63) is 35.6 Å². The van der Waals surface area contributed by atoms with Gasteiger partial charge in [-0.05, 0) is 24.0 Å². The van der Waals surface area contributed by atoms with Gasteiger partial charge in [-0.3, -0.25) is 4.79 Å². The molecular weight excluding hydrogens is 167 g/mol. The number of carbonyl (C=O) groups excluding carboxylic acids is 1. The Morgan fingerprint density at radius 1 is 1.31 bits per heavy atom. The van der Waals surface area contributed by atoms with Crippen molar-refractivity contribution < 1.29 is 9.18 Å². The molecule has 2 heteroatoms. The molecule has 1 aromatic rings. The predicted octanol–water partition coefficient (Wildman–Crippen LogP) is 2.66. The van der Waals surface area contributed by atoms with Crippen molar-refractivity contribution in [3.63, 3.8) is 0 Å². The normalized spacial score (nSPS) is 22.2. The van der Waals surface area contributed by atoms with Crippen LogP contribution in [0.15, 0.2) is 24.3 Å². The molecule has 2 rings (SSSR count). The summed E-state index contributed by atoms with van der Waals surface area (Å²) in [6.45, 7) is 0. The van der Waals surface area contributed by atoms with Crippen molar-refractivity contribution >= 4 is 5.78 Å². The number of rotatable bonds is 1. The van der Waals surface area contributed by atoms with E-state index in [1.165, 1.54) is 6.07 Å². The molecule has 0 radical (unpaired) electrons. The molecule has 1 nitrogen and oxygen atoms in total. The second-order valence-corrected chi connectivity index (χ2v) is 3.50. The molecule has 0 heterocycles. The van der Waals surface area contributed by atoms with Crippen LogP contribution in [0.25, 0.3) is 0 Å². The minimum Gasteiger partial charge on any atom is -0.300 e. The van der Waals surface area contributed by atoms with Crippen LogP contribution in [-0.4, -0.2) is 5.78 Å². The average molecular weight is 178 g/mol. The highest BCUT2D eigenvalue weighted by Gasteiger charge is 2.25. The van der Waals surface area contributed by atoms with Crippen molar-refractivity contribution in [2.24, 2.45) is 0 Å². The molecule has 1 aliphatic rings. The van der Waals surface area contributed by atoms with E-state index in [1.54, 1.807) is 12.1 Å². The maximum absolute atomic E-state index is 13.3. The molecule has 1 fully saturated rings. The molecule has 0 amide bonds. The second kappa shape index (κ2) is 3.29. The summed E-state index contributed by atoms with van der Waals surface area (Å²) in [6, 6.07) is 6.73. The van der Waals surface area contributed by atoms with Gasteiger partial charge in [-0.15, -0.1) is 0 Å². The third kappa shape index (κ3) is 1.62. The molecule has 13 heavy (non-hydrogen) atoms. The van der Waals surface area contributed by atoms with Crippen molar-refractivity contribution in [2.75, 3.05) is 0 Å². The summed E-state index contributed by atoms with van der Waals surface area (Å²) in [6.07, 6.45) is 1.93. The molecule has 0 aliphatic heterocycles. The quantitative estimate of drug-likeness (QED) is 0.646. The maximum Gasteiger partial charge on any atom is 0.133 e. The smallest absolute Gasteiger partial charge is 0.133 e. The number of halogens is 1. The van der Waals surface area contributed by atoms with Gasteiger partial charge < -0.3 is 0 Å². The Morgan fingerprint density at radius 3 is 2.69 bits per heavy atom. The summed E-state index contributed by atoms with van der Waals surface area (Å²) in [5, 5.41) is 0. The SMILES string of the molecule is O=C1CC[C@H](c2ccccc2F)C1. The van der Waals surface area contributed by atoms with E-state index in [0.29, 0.717) is 18.4 Å². The Kier molecular flexibility index (Phi) is 2.13.